The van der Waals surface area contributed by atoms with Gasteiger partial charge >= 0.3 is 12.2 Å². The molecule has 0 aliphatic carbocycles. The van der Waals surface area contributed by atoms with Crippen LogP contribution in [0.3, 0.4) is 0 Å². The van der Waals surface area contributed by atoms with E-state index < -0.39 is 24.3 Å². The maximum Gasteiger partial charge on any atom is 0.407 e. The van der Waals surface area contributed by atoms with Crippen molar-refractivity contribution in [1.82, 2.24) is 30.4 Å². The number of aromatic nitrogens is 2. The number of aromatic amines is 1. The van der Waals surface area contributed by atoms with Crippen molar-refractivity contribution in [3.63, 3.8) is 0 Å². The van der Waals surface area contributed by atoms with Crippen molar-refractivity contribution < 1.29 is 28.7 Å². The number of ether oxygens (including phenoxy) is 2. The number of hydrogen-bond donors (Lipinski definition) is 3. The molecule has 3 aliphatic heterocycles. The highest BCUT2D eigenvalue weighted by molar-refractivity contribution is 6.05. The number of carbonyl (C=O) groups excluding carboxylic acids is 4. The van der Waals surface area contributed by atoms with Crippen LogP contribution in [0.2, 0.25) is 0 Å². The fraction of sp³-hybridized carbons (Fsp3) is 0.442. The van der Waals surface area contributed by atoms with E-state index in [1.165, 1.54) is 14.2 Å². The maximum atomic E-state index is 13.6. The van der Waals surface area contributed by atoms with E-state index in [1.54, 1.807) is 0 Å². The van der Waals surface area contributed by atoms with Crippen molar-refractivity contribution in [3.8, 4) is 11.3 Å². The predicted molar refractivity (Wildman–Crippen MR) is 216 cm³/mol. The summed E-state index contributed by atoms with van der Waals surface area (Å²) in [5.74, 6) is 0.300. The molecule has 56 heavy (non-hydrogen) atoms. The van der Waals surface area contributed by atoms with Crippen LogP contribution in [0.25, 0.3) is 38.4 Å². The number of nitrogens with zero attached hydrogens (tertiary/aromatic N) is 4. The number of likely N-dealkylation sites (tertiary alicyclic amines) is 2. The van der Waals surface area contributed by atoms with Crippen molar-refractivity contribution in [1.29, 1.82) is 0 Å². The van der Waals surface area contributed by atoms with Gasteiger partial charge in [0.05, 0.1) is 38.2 Å². The third-order valence-corrected chi connectivity index (χ3v) is 11.4. The number of allylic oxidation sites excluding steroid dienone is 1. The van der Waals surface area contributed by atoms with Crippen LogP contribution in [0.1, 0.15) is 77.2 Å². The minimum absolute atomic E-state index is 0.0878. The molecule has 4 amide bonds. The molecule has 1 aromatic heterocycles. The number of imidazole rings is 1. The van der Waals surface area contributed by atoms with E-state index in [2.05, 4.69) is 64.1 Å². The number of amides is 4. The molecule has 0 spiro atoms. The zero-order valence-electron chi connectivity index (χ0n) is 32.9. The molecule has 2 fully saturated rings. The molecule has 3 aromatic carbocycles. The molecule has 7 rings (SSSR count). The van der Waals surface area contributed by atoms with E-state index in [0.29, 0.717) is 19.5 Å². The highest BCUT2D eigenvalue weighted by atomic mass is 16.5. The average molecular weight is 762 g/mol. The Morgan fingerprint density at radius 3 is 1.84 bits per heavy atom. The van der Waals surface area contributed by atoms with Crippen LogP contribution in [0.15, 0.2) is 65.9 Å². The van der Waals surface area contributed by atoms with Gasteiger partial charge in [0.1, 0.15) is 17.9 Å². The summed E-state index contributed by atoms with van der Waals surface area (Å²) < 4.78 is 9.55. The smallest absolute Gasteiger partial charge is 0.407 e. The maximum absolute atomic E-state index is 13.6. The van der Waals surface area contributed by atoms with Crippen LogP contribution in [0.4, 0.5) is 9.59 Å². The molecule has 2 saturated heterocycles. The third-order valence-electron chi connectivity index (χ3n) is 11.4. The molecule has 13 nitrogen and oxygen atoms in total. The lowest BCUT2D eigenvalue weighted by atomic mass is 9.94. The first kappa shape index (κ1) is 38.6. The lowest BCUT2D eigenvalue weighted by Gasteiger charge is -2.31. The number of hydrogen-bond acceptors (Lipinski definition) is 8. The highest BCUT2D eigenvalue weighted by Gasteiger charge is 2.39. The van der Waals surface area contributed by atoms with Crippen LogP contribution < -0.4 is 10.6 Å². The summed E-state index contributed by atoms with van der Waals surface area (Å²) in [6.07, 6.45) is 6.54. The van der Waals surface area contributed by atoms with Gasteiger partial charge in [-0.2, -0.15) is 0 Å². The zero-order valence-corrected chi connectivity index (χ0v) is 32.9. The molecule has 3 aliphatic rings. The van der Waals surface area contributed by atoms with Gasteiger partial charge in [-0.05, 0) is 94.5 Å². The Morgan fingerprint density at radius 1 is 0.732 bits per heavy atom. The Bertz CT molecular complexity index is 2220. The number of carbonyl (C=O) groups is 4. The average Bonchev–Trinajstić information content (AvgIpc) is 4.03. The van der Waals surface area contributed by atoms with Crippen LogP contribution in [0, 0.1) is 11.8 Å². The Labute approximate surface area is 326 Å². The lowest BCUT2D eigenvalue weighted by molar-refractivity contribution is -0.135. The monoisotopic (exact) mass is 761 g/mol. The molecule has 0 radical (unpaired) electrons. The Morgan fingerprint density at radius 2 is 1.27 bits per heavy atom. The normalized spacial score (nSPS) is 19.4. The quantitative estimate of drug-likeness (QED) is 0.147. The molecular weight excluding hydrogens is 711 g/mol. The van der Waals surface area contributed by atoms with Gasteiger partial charge in [-0.15, -0.1) is 0 Å². The predicted octanol–water partition coefficient (Wildman–Crippen LogP) is 6.98. The highest BCUT2D eigenvalue weighted by Crippen LogP contribution is 2.36. The van der Waals surface area contributed by atoms with Gasteiger partial charge in [-0.25, -0.2) is 14.6 Å². The molecule has 0 bridgehead atoms. The molecule has 1 unspecified atom stereocenters. The molecule has 3 N–H and O–H groups in total. The van der Waals surface area contributed by atoms with Crippen molar-refractivity contribution in [2.24, 2.45) is 16.8 Å². The van der Waals surface area contributed by atoms with E-state index in [1.807, 2.05) is 49.9 Å². The van der Waals surface area contributed by atoms with Crippen LogP contribution in [-0.4, -0.2) is 94.9 Å². The fourth-order valence-electron chi connectivity index (χ4n) is 8.29. The number of H-pyrrole nitrogens is 1. The minimum Gasteiger partial charge on any atom is -0.453 e. The lowest BCUT2D eigenvalue weighted by Crippen LogP contribution is -2.53. The zero-order chi connectivity index (χ0) is 39.7. The molecule has 4 atom stereocenters. The first-order chi connectivity index (χ1) is 26.9. The summed E-state index contributed by atoms with van der Waals surface area (Å²) in [6, 6.07) is 15.6. The summed E-state index contributed by atoms with van der Waals surface area (Å²) >= 11 is 0. The number of alkyl carbamates (subject to hydrolysis) is 2. The van der Waals surface area contributed by atoms with Gasteiger partial charge in [0, 0.05) is 37.0 Å². The summed E-state index contributed by atoms with van der Waals surface area (Å²) in [7, 11) is 2.59. The second-order valence-electron chi connectivity index (χ2n) is 15.7. The first-order valence-corrected chi connectivity index (χ1v) is 19.5. The number of fused-ring (bicyclic) bond motifs is 2. The first-order valence-electron chi connectivity index (χ1n) is 19.5. The Kier molecular flexibility index (Phi) is 11.1. The minimum atomic E-state index is -0.688. The Balaban J connectivity index is 1.04. The largest absolute Gasteiger partial charge is 0.453 e. The molecule has 13 heteroatoms. The van der Waals surface area contributed by atoms with Crippen molar-refractivity contribution in [2.45, 2.75) is 84.0 Å². The van der Waals surface area contributed by atoms with Gasteiger partial charge in [0.25, 0.3) is 0 Å². The standard InChI is InChI=1S/C43H51N7O6/c1-24(2)37(47-42(53)55-5)40(51)49-15-7-9-35(49)33-21-32(22-44-33)28-12-11-26-18-31-20-29(14-13-27(31)17-30(26)19-28)34-23-45-39(46-34)36-10-8-16-50(36)41(52)38(25(3)4)48-43(54)56-6/h11-14,17-20,22-25,35-38H,7-10,15-16,21H2,1-6H3,(H,45,46)(H,47,53)(H,48,54)/t35?,36-,37-,38-/m0/s1. The van der Waals surface area contributed by atoms with Gasteiger partial charge in [-0.1, -0.05) is 52.0 Å². The number of nitrogens with one attached hydrogen (secondary N) is 3. The molecule has 0 saturated carbocycles. The van der Waals surface area contributed by atoms with Crippen molar-refractivity contribution in [2.75, 3.05) is 27.3 Å². The fourth-order valence-corrected chi connectivity index (χ4v) is 8.29. The topological polar surface area (TPSA) is 158 Å². The third kappa shape index (κ3) is 7.71. The molecule has 4 aromatic rings. The van der Waals surface area contributed by atoms with E-state index in [4.69, 9.17) is 19.5 Å². The summed E-state index contributed by atoms with van der Waals surface area (Å²) in [5.41, 5.74) is 5.05. The van der Waals surface area contributed by atoms with Crippen molar-refractivity contribution >= 4 is 56.8 Å². The van der Waals surface area contributed by atoms with Crippen molar-refractivity contribution in [3.05, 3.63) is 72.3 Å². The number of benzene rings is 3. The number of aliphatic imine (C=N–C) groups is 1. The molecule has 4 heterocycles. The number of methoxy groups -OCH3 is 2. The van der Waals surface area contributed by atoms with E-state index in [-0.39, 0.29) is 35.7 Å². The molecular formula is C43H51N7O6. The second-order valence-corrected chi connectivity index (χ2v) is 15.7. The Hall–Kier alpha value is -5.72. The van der Waals surface area contributed by atoms with E-state index in [0.717, 1.165) is 81.2 Å². The van der Waals surface area contributed by atoms with E-state index >= 15 is 0 Å². The van der Waals surface area contributed by atoms with Crippen LogP contribution in [-0.2, 0) is 19.1 Å². The van der Waals surface area contributed by atoms with E-state index in [9.17, 15) is 19.2 Å². The second kappa shape index (κ2) is 16.2. The van der Waals surface area contributed by atoms with Gasteiger partial charge in [0.15, 0.2) is 0 Å². The molecule has 294 valence electrons. The summed E-state index contributed by atoms with van der Waals surface area (Å²) in [5, 5.41) is 9.89. The van der Waals surface area contributed by atoms with Gasteiger partial charge in [-0.3, -0.25) is 14.6 Å². The van der Waals surface area contributed by atoms with Gasteiger partial charge in [0.2, 0.25) is 11.8 Å². The van der Waals surface area contributed by atoms with Crippen LogP contribution >= 0.6 is 0 Å². The van der Waals surface area contributed by atoms with Gasteiger partial charge < -0.3 is 34.9 Å². The summed E-state index contributed by atoms with van der Waals surface area (Å²) in [4.78, 5) is 67.9. The number of rotatable bonds is 10. The van der Waals surface area contributed by atoms with Crippen LogP contribution in [0.5, 0.6) is 0 Å². The SMILES string of the molecule is COC(=O)N[C@H](C(=O)N1CCCC1C1=NC=C(c2ccc3cc4cc(-c5cnc([C@@H]6CCCN6C(=O)[C@@H](NC(=O)OC)C(C)C)[nH]5)ccc4cc3c2)C1)C(C)C. The summed E-state index contributed by atoms with van der Waals surface area (Å²) in [6.45, 7) is 8.88.